The van der Waals surface area contributed by atoms with Crippen molar-refractivity contribution in [2.45, 2.75) is 11.6 Å². The number of carbonyl (C=O) groups is 1. The molecule has 10 heteroatoms. The molecule has 0 unspecified atom stereocenters. The van der Waals surface area contributed by atoms with Crippen molar-refractivity contribution >= 4 is 40.4 Å². The van der Waals surface area contributed by atoms with Gasteiger partial charge in [0.25, 0.3) is 5.56 Å². The summed E-state index contributed by atoms with van der Waals surface area (Å²) in [5, 5.41) is 0.852. The molecule has 0 N–H and O–H groups in total. The van der Waals surface area contributed by atoms with Gasteiger partial charge < -0.3 is 9.64 Å². The Kier molecular flexibility index (Phi) is 5.92. The largest absolute Gasteiger partial charge is 0.448 e. The molecule has 0 radical (unpaired) electrons. The Morgan fingerprint density at radius 2 is 2.00 bits per heavy atom. The Morgan fingerprint density at radius 3 is 2.73 bits per heavy atom. The second-order valence-electron chi connectivity index (χ2n) is 6.60. The van der Waals surface area contributed by atoms with Crippen LogP contribution in [0.25, 0.3) is 16.6 Å². The molecule has 1 fully saturated rings. The molecule has 0 spiro atoms. The van der Waals surface area contributed by atoms with E-state index >= 15 is 0 Å². The third kappa shape index (κ3) is 4.13. The van der Waals surface area contributed by atoms with Crippen LogP contribution in [0.3, 0.4) is 0 Å². The third-order valence-corrected chi connectivity index (χ3v) is 5.86. The highest BCUT2D eigenvalue weighted by molar-refractivity contribution is 7.99. The zero-order valence-electron chi connectivity index (χ0n) is 15.6. The lowest BCUT2D eigenvalue weighted by molar-refractivity contribution is 0.158. The summed E-state index contributed by atoms with van der Waals surface area (Å²) < 4.78 is 33.9. The van der Waals surface area contributed by atoms with Crippen molar-refractivity contribution in [2.75, 3.05) is 25.4 Å². The molecule has 2 heterocycles. The summed E-state index contributed by atoms with van der Waals surface area (Å²) in [4.78, 5) is 30.8. The predicted octanol–water partition coefficient (Wildman–Crippen LogP) is 4.25. The fourth-order valence-electron chi connectivity index (χ4n) is 3.16. The van der Waals surface area contributed by atoms with Gasteiger partial charge in [0, 0.05) is 23.4 Å². The number of aromatic nitrogens is 2. The standard InChI is InChI=1S/C20H16ClF2N3O3S/c21-12-2-4-16-14(10-12)18(27)26(17-5-3-13(22)11-15(17)23)19(24-16)30-9-1-6-25-7-8-29-20(25)28/h2-5,10-11H,1,6-9H2. The topological polar surface area (TPSA) is 64.4 Å². The third-order valence-electron chi connectivity index (χ3n) is 4.60. The van der Waals surface area contributed by atoms with Crippen molar-refractivity contribution in [3.05, 3.63) is 63.4 Å². The number of benzene rings is 2. The van der Waals surface area contributed by atoms with Crippen molar-refractivity contribution in [1.29, 1.82) is 0 Å². The first kappa shape index (κ1) is 20.6. The molecule has 1 aromatic heterocycles. The maximum absolute atomic E-state index is 14.5. The van der Waals surface area contributed by atoms with Gasteiger partial charge in [0.1, 0.15) is 18.2 Å². The van der Waals surface area contributed by atoms with E-state index in [1.165, 1.54) is 23.9 Å². The van der Waals surface area contributed by atoms with Crippen LogP contribution in [0.2, 0.25) is 5.02 Å². The Bertz CT molecular complexity index is 1190. The zero-order chi connectivity index (χ0) is 21.3. The van der Waals surface area contributed by atoms with Crippen LogP contribution in [0, 0.1) is 11.6 Å². The molecule has 0 atom stereocenters. The summed E-state index contributed by atoms with van der Waals surface area (Å²) in [6.45, 7) is 1.43. The highest BCUT2D eigenvalue weighted by Crippen LogP contribution is 2.25. The van der Waals surface area contributed by atoms with E-state index in [4.69, 9.17) is 16.3 Å². The molecule has 0 aliphatic carbocycles. The number of cyclic esters (lactones) is 1. The lowest BCUT2D eigenvalue weighted by Gasteiger charge is -2.15. The summed E-state index contributed by atoms with van der Waals surface area (Å²) in [6, 6.07) is 7.71. The zero-order valence-corrected chi connectivity index (χ0v) is 17.2. The Balaban J connectivity index is 1.69. The van der Waals surface area contributed by atoms with Gasteiger partial charge >= 0.3 is 6.09 Å². The fraction of sp³-hybridized carbons (Fsp3) is 0.250. The van der Waals surface area contributed by atoms with Gasteiger partial charge in [-0.15, -0.1) is 0 Å². The van der Waals surface area contributed by atoms with Gasteiger partial charge in [0.15, 0.2) is 5.16 Å². The summed E-state index contributed by atoms with van der Waals surface area (Å²) in [5.74, 6) is -1.09. The van der Waals surface area contributed by atoms with Crippen LogP contribution in [0.5, 0.6) is 0 Å². The SMILES string of the molecule is O=C1OCCN1CCCSc1nc2ccc(Cl)cc2c(=O)n1-c1ccc(F)cc1F. The quantitative estimate of drug-likeness (QED) is 0.318. The molecule has 6 nitrogen and oxygen atoms in total. The number of halogens is 3. The Labute approximate surface area is 179 Å². The van der Waals surface area contributed by atoms with Gasteiger partial charge in [-0.1, -0.05) is 23.4 Å². The van der Waals surface area contributed by atoms with E-state index in [9.17, 15) is 18.4 Å². The minimum atomic E-state index is -0.873. The average Bonchev–Trinajstić information content (AvgIpc) is 3.12. The molecule has 156 valence electrons. The first-order valence-electron chi connectivity index (χ1n) is 9.16. The number of hydrogen-bond acceptors (Lipinski definition) is 5. The van der Waals surface area contributed by atoms with E-state index in [1.54, 1.807) is 17.0 Å². The van der Waals surface area contributed by atoms with E-state index in [0.717, 1.165) is 16.7 Å². The molecule has 30 heavy (non-hydrogen) atoms. The molecule has 1 aliphatic rings. The van der Waals surface area contributed by atoms with Crippen molar-refractivity contribution in [1.82, 2.24) is 14.5 Å². The lowest BCUT2D eigenvalue weighted by Crippen LogP contribution is -2.26. The molecule has 4 rings (SSSR count). The van der Waals surface area contributed by atoms with Gasteiger partial charge in [-0.2, -0.15) is 0 Å². The van der Waals surface area contributed by atoms with Gasteiger partial charge in [0.2, 0.25) is 0 Å². The maximum atomic E-state index is 14.5. The van der Waals surface area contributed by atoms with Crippen LogP contribution < -0.4 is 5.56 Å². The number of amides is 1. The maximum Gasteiger partial charge on any atom is 0.409 e. The van der Waals surface area contributed by atoms with Gasteiger partial charge in [0.05, 0.1) is 23.1 Å². The molecule has 2 aromatic carbocycles. The summed E-state index contributed by atoms with van der Waals surface area (Å²) in [6.07, 6.45) is 0.284. The number of rotatable bonds is 6. The van der Waals surface area contributed by atoms with E-state index in [2.05, 4.69) is 4.98 Å². The minimum absolute atomic E-state index is 0.0959. The van der Waals surface area contributed by atoms with Crippen molar-refractivity contribution in [3.63, 3.8) is 0 Å². The number of ether oxygens (including phenoxy) is 1. The second-order valence-corrected chi connectivity index (χ2v) is 8.09. The highest BCUT2D eigenvalue weighted by atomic mass is 35.5. The molecule has 3 aromatic rings. The van der Waals surface area contributed by atoms with Crippen molar-refractivity contribution < 1.29 is 18.3 Å². The van der Waals surface area contributed by atoms with E-state index in [1.807, 2.05) is 0 Å². The average molecular weight is 452 g/mol. The summed E-state index contributed by atoms with van der Waals surface area (Å²) in [7, 11) is 0. The van der Waals surface area contributed by atoms with Crippen molar-refractivity contribution in [3.8, 4) is 5.69 Å². The molecular weight excluding hydrogens is 436 g/mol. The first-order valence-corrected chi connectivity index (χ1v) is 10.5. The lowest BCUT2D eigenvalue weighted by atomic mass is 10.2. The molecule has 0 saturated carbocycles. The van der Waals surface area contributed by atoms with Gasteiger partial charge in [-0.05, 0) is 36.8 Å². The Morgan fingerprint density at radius 1 is 1.17 bits per heavy atom. The second kappa shape index (κ2) is 8.61. The molecule has 1 saturated heterocycles. The van der Waals surface area contributed by atoms with E-state index < -0.39 is 17.2 Å². The number of thioether (sulfide) groups is 1. The van der Waals surface area contributed by atoms with E-state index in [0.29, 0.717) is 42.4 Å². The molecular formula is C20H16ClF2N3O3S. The number of carbonyl (C=O) groups excluding carboxylic acids is 1. The van der Waals surface area contributed by atoms with Crippen LogP contribution in [0.1, 0.15) is 6.42 Å². The van der Waals surface area contributed by atoms with Gasteiger partial charge in [-0.25, -0.2) is 18.6 Å². The van der Waals surface area contributed by atoms with Crippen LogP contribution >= 0.6 is 23.4 Å². The molecule has 0 bridgehead atoms. The van der Waals surface area contributed by atoms with Crippen molar-refractivity contribution in [2.24, 2.45) is 0 Å². The first-order chi connectivity index (χ1) is 14.4. The fourth-order valence-corrected chi connectivity index (χ4v) is 4.26. The summed E-state index contributed by atoms with van der Waals surface area (Å²) in [5.41, 5.74) is -0.172. The van der Waals surface area contributed by atoms with E-state index in [-0.39, 0.29) is 22.3 Å². The number of nitrogens with zero attached hydrogens (tertiary/aromatic N) is 3. The highest BCUT2D eigenvalue weighted by Gasteiger charge is 2.21. The van der Waals surface area contributed by atoms with Crippen LogP contribution in [-0.2, 0) is 4.74 Å². The number of fused-ring (bicyclic) bond motifs is 1. The normalized spacial score (nSPS) is 13.8. The van der Waals surface area contributed by atoms with Crippen LogP contribution in [0.4, 0.5) is 13.6 Å². The Hall–Kier alpha value is -2.65. The van der Waals surface area contributed by atoms with Crippen LogP contribution in [-0.4, -0.2) is 46.0 Å². The van der Waals surface area contributed by atoms with Gasteiger partial charge in [-0.3, -0.25) is 9.36 Å². The molecule has 1 amide bonds. The smallest absolute Gasteiger partial charge is 0.409 e. The number of hydrogen-bond donors (Lipinski definition) is 0. The summed E-state index contributed by atoms with van der Waals surface area (Å²) >= 11 is 7.26. The van der Waals surface area contributed by atoms with Crippen LogP contribution in [0.15, 0.2) is 46.3 Å². The minimum Gasteiger partial charge on any atom is -0.448 e. The monoisotopic (exact) mass is 451 g/mol. The predicted molar refractivity (Wildman–Crippen MR) is 111 cm³/mol. The molecule has 1 aliphatic heterocycles.